The van der Waals surface area contributed by atoms with Crippen LogP contribution in [0.5, 0.6) is 0 Å². The number of rotatable bonds is 10. The number of ether oxygens (including phenoxy) is 2. The van der Waals surface area contributed by atoms with Crippen LogP contribution in [0.2, 0.25) is 0 Å². The minimum atomic E-state index is -2.98. The predicted molar refractivity (Wildman–Crippen MR) is 102 cm³/mol. The summed E-state index contributed by atoms with van der Waals surface area (Å²) < 4.78 is 9.47. The molecule has 1 aromatic carbocycles. The SMILES string of the molecule is CC(C)(C)OC(=O)C(=O)[C@H](CCC(=O)O)NC(N)(OO)C(=O)OC(=O)c1ccccc1. The normalized spacial score (nSPS) is 14.1. The maximum atomic E-state index is 12.5. The fourth-order valence-corrected chi connectivity index (χ4v) is 2.18. The number of carbonyl (C=O) groups excluding carboxylic acids is 4. The topological polar surface area (TPSA) is 192 Å². The van der Waals surface area contributed by atoms with Crippen LogP contribution in [0.3, 0.4) is 0 Å². The van der Waals surface area contributed by atoms with Gasteiger partial charge in [0.1, 0.15) is 5.60 Å². The molecule has 5 N–H and O–H groups in total. The lowest BCUT2D eigenvalue weighted by atomic mass is 10.1. The summed E-state index contributed by atoms with van der Waals surface area (Å²) in [4.78, 5) is 63.7. The molecule has 1 aromatic rings. The third-order valence-electron chi connectivity index (χ3n) is 3.59. The van der Waals surface area contributed by atoms with Crippen LogP contribution in [0.15, 0.2) is 30.3 Å². The Morgan fingerprint density at radius 2 is 1.68 bits per heavy atom. The molecular formula is C19H24N2O10. The first-order valence-corrected chi connectivity index (χ1v) is 8.99. The van der Waals surface area contributed by atoms with Crippen molar-refractivity contribution in [1.82, 2.24) is 5.32 Å². The monoisotopic (exact) mass is 440 g/mol. The van der Waals surface area contributed by atoms with Crippen LogP contribution >= 0.6 is 0 Å². The van der Waals surface area contributed by atoms with Crippen LogP contribution in [0, 0.1) is 0 Å². The minimum Gasteiger partial charge on any atom is -0.481 e. The van der Waals surface area contributed by atoms with E-state index in [4.69, 9.17) is 20.8 Å². The van der Waals surface area contributed by atoms with Crippen molar-refractivity contribution < 1.29 is 48.7 Å². The van der Waals surface area contributed by atoms with Gasteiger partial charge in [0.25, 0.3) is 5.78 Å². The summed E-state index contributed by atoms with van der Waals surface area (Å²) in [6.07, 6.45) is -1.15. The number of hydrogen-bond donors (Lipinski definition) is 4. The van der Waals surface area contributed by atoms with E-state index in [0.717, 1.165) is 0 Å². The Labute approximate surface area is 177 Å². The zero-order chi connectivity index (χ0) is 23.8. The fraction of sp³-hybridized carbons (Fsp3) is 0.421. The first-order chi connectivity index (χ1) is 14.3. The lowest BCUT2D eigenvalue weighted by Crippen LogP contribution is -2.66. The van der Waals surface area contributed by atoms with E-state index in [1.165, 1.54) is 45.0 Å². The van der Waals surface area contributed by atoms with Crippen LogP contribution in [-0.2, 0) is 33.5 Å². The zero-order valence-electron chi connectivity index (χ0n) is 17.1. The highest BCUT2D eigenvalue weighted by Crippen LogP contribution is 2.13. The number of carboxylic acid groups (broad SMARTS) is 1. The first kappa shape index (κ1) is 25.8. The van der Waals surface area contributed by atoms with Crippen molar-refractivity contribution in [2.24, 2.45) is 5.73 Å². The molecule has 2 atom stereocenters. The molecule has 1 unspecified atom stereocenters. The number of benzene rings is 1. The second kappa shape index (κ2) is 10.7. The summed E-state index contributed by atoms with van der Waals surface area (Å²) >= 11 is 0. The Hall–Kier alpha value is -3.19. The number of carbonyl (C=O) groups is 5. The molecule has 0 radical (unpaired) electrons. The summed E-state index contributed by atoms with van der Waals surface area (Å²) in [6, 6.07) is 5.55. The predicted octanol–water partition coefficient (Wildman–Crippen LogP) is 0.206. The Balaban J connectivity index is 3.04. The summed E-state index contributed by atoms with van der Waals surface area (Å²) in [5, 5.41) is 20.0. The third kappa shape index (κ3) is 8.22. The molecule has 0 aromatic heterocycles. The minimum absolute atomic E-state index is 0.0246. The van der Waals surface area contributed by atoms with E-state index in [0.29, 0.717) is 0 Å². The number of nitrogens with one attached hydrogen (secondary N) is 1. The number of carboxylic acids is 1. The summed E-state index contributed by atoms with van der Waals surface area (Å²) in [5.41, 5.74) is 4.51. The largest absolute Gasteiger partial charge is 0.481 e. The summed E-state index contributed by atoms with van der Waals surface area (Å²) in [6.45, 7) is 4.48. The van der Waals surface area contributed by atoms with Crippen LogP contribution in [0.4, 0.5) is 0 Å². The first-order valence-electron chi connectivity index (χ1n) is 8.99. The Morgan fingerprint density at radius 3 is 2.16 bits per heavy atom. The van der Waals surface area contributed by atoms with Crippen LogP contribution in [-0.4, -0.2) is 57.5 Å². The third-order valence-corrected chi connectivity index (χ3v) is 3.59. The summed E-state index contributed by atoms with van der Waals surface area (Å²) in [5.74, 6) is -9.72. The van der Waals surface area contributed by atoms with Crippen molar-refractivity contribution in [3.05, 3.63) is 35.9 Å². The average Bonchev–Trinajstić information content (AvgIpc) is 2.69. The standard InChI is InChI=1S/C19H24N2O10/c1-18(2,3)30-16(26)14(24)12(9-10-13(22)23)21-19(20,31-28)17(27)29-15(25)11-7-5-4-6-8-11/h4-8,12,21,28H,9-10,20H2,1-3H3,(H,22,23)/t12-,19?/m0/s1. The molecule has 170 valence electrons. The fourth-order valence-electron chi connectivity index (χ4n) is 2.18. The van der Waals surface area contributed by atoms with Crippen molar-refractivity contribution in [3.63, 3.8) is 0 Å². The smallest absolute Gasteiger partial charge is 0.380 e. The molecule has 0 fully saturated rings. The van der Waals surface area contributed by atoms with Crippen molar-refractivity contribution >= 4 is 29.7 Å². The molecule has 0 heterocycles. The van der Waals surface area contributed by atoms with Crippen LogP contribution < -0.4 is 11.1 Å². The number of aliphatic carboxylic acids is 1. The van der Waals surface area contributed by atoms with E-state index < -0.39 is 60.0 Å². The van der Waals surface area contributed by atoms with Crippen LogP contribution in [0.25, 0.3) is 0 Å². The quantitative estimate of drug-likeness (QED) is 0.0966. The molecule has 0 amide bonds. The molecule has 0 bridgehead atoms. The molecule has 12 heteroatoms. The van der Waals surface area contributed by atoms with Gasteiger partial charge in [-0.05, 0) is 39.3 Å². The maximum absolute atomic E-state index is 12.5. The number of ketones is 1. The highest BCUT2D eigenvalue weighted by atomic mass is 17.1. The molecule has 0 aliphatic rings. The lowest BCUT2D eigenvalue weighted by molar-refractivity contribution is -0.325. The van der Waals surface area contributed by atoms with Gasteiger partial charge in [0.15, 0.2) is 0 Å². The molecule has 0 aliphatic heterocycles. The average molecular weight is 440 g/mol. The van der Waals surface area contributed by atoms with E-state index in [-0.39, 0.29) is 5.56 Å². The van der Waals surface area contributed by atoms with E-state index in [2.05, 4.69) is 9.62 Å². The van der Waals surface area contributed by atoms with E-state index in [9.17, 15) is 24.0 Å². The van der Waals surface area contributed by atoms with Gasteiger partial charge in [0, 0.05) is 6.42 Å². The molecule has 0 spiro atoms. The lowest BCUT2D eigenvalue weighted by Gasteiger charge is -2.29. The van der Waals surface area contributed by atoms with Gasteiger partial charge in [-0.2, -0.15) is 4.89 Å². The number of esters is 3. The van der Waals surface area contributed by atoms with Gasteiger partial charge in [-0.3, -0.25) is 20.6 Å². The van der Waals surface area contributed by atoms with E-state index in [1.54, 1.807) is 6.07 Å². The second-order valence-electron chi connectivity index (χ2n) is 7.37. The molecule has 12 nitrogen and oxygen atoms in total. The maximum Gasteiger partial charge on any atom is 0.380 e. The number of nitrogens with two attached hydrogens (primary N) is 1. The van der Waals surface area contributed by atoms with E-state index >= 15 is 0 Å². The highest BCUT2D eigenvalue weighted by molar-refractivity contribution is 6.35. The second-order valence-corrected chi connectivity index (χ2v) is 7.37. The molecular weight excluding hydrogens is 416 g/mol. The number of Topliss-reactive ketones (excluding diaryl/α,β-unsaturated/α-hetero) is 1. The summed E-state index contributed by atoms with van der Waals surface area (Å²) in [7, 11) is 0. The Kier molecular flexibility index (Phi) is 8.94. The van der Waals surface area contributed by atoms with Gasteiger partial charge in [-0.25, -0.2) is 19.6 Å². The molecule has 0 aliphatic carbocycles. The zero-order valence-corrected chi connectivity index (χ0v) is 17.1. The van der Waals surface area contributed by atoms with Crippen molar-refractivity contribution in [3.8, 4) is 0 Å². The van der Waals surface area contributed by atoms with Gasteiger partial charge in [-0.15, -0.1) is 0 Å². The Bertz CT molecular complexity index is 834. The van der Waals surface area contributed by atoms with Gasteiger partial charge < -0.3 is 14.6 Å². The number of hydrogen-bond acceptors (Lipinski definition) is 11. The van der Waals surface area contributed by atoms with Crippen molar-refractivity contribution in [2.75, 3.05) is 0 Å². The molecule has 1 rings (SSSR count). The van der Waals surface area contributed by atoms with Crippen LogP contribution in [0.1, 0.15) is 44.0 Å². The molecule has 0 saturated carbocycles. The van der Waals surface area contributed by atoms with Crippen molar-refractivity contribution in [1.29, 1.82) is 0 Å². The van der Waals surface area contributed by atoms with Gasteiger partial charge in [0.05, 0.1) is 11.6 Å². The van der Waals surface area contributed by atoms with Gasteiger partial charge in [-0.1, -0.05) is 18.2 Å². The van der Waals surface area contributed by atoms with E-state index in [1.807, 2.05) is 5.32 Å². The molecule has 31 heavy (non-hydrogen) atoms. The molecule has 0 saturated heterocycles. The van der Waals surface area contributed by atoms with Gasteiger partial charge >= 0.3 is 29.7 Å². The van der Waals surface area contributed by atoms with Gasteiger partial charge in [0.2, 0.25) is 0 Å². The van der Waals surface area contributed by atoms with Crippen molar-refractivity contribution in [2.45, 2.75) is 51.1 Å². The Morgan fingerprint density at radius 1 is 1.10 bits per heavy atom. The highest BCUT2D eigenvalue weighted by Gasteiger charge is 2.44.